The molecule has 0 aromatic heterocycles. The highest BCUT2D eigenvalue weighted by Crippen LogP contribution is 2.53. The van der Waals surface area contributed by atoms with Crippen molar-refractivity contribution in [2.75, 3.05) is 5.32 Å². The van der Waals surface area contributed by atoms with E-state index in [9.17, 15) is 14.4 Å². The van der Waals surface area contributed by atoms with Crippen molar-refractivity contribution in [2.45, 2.75) is 32.7 Å². The Hall–Kier alpha value is -3.21. The summed E-state index contributed by atoms with van der Waals surface area (Å²) in [7, 11) is 0. The molecule has 2 bridgehead atoms. The van der Waals surface area contributed by atoms with Crippen LogP contribution in [-0.2, 0) is 20.8 Å². The van der Waals surface area contributed by atoms with Crippen LogP contribution in [0.2, 0.25) is 0 Å². The van der Waals surface area contributed by atoms with Gasteiger partial charge in [-0.1, -0.05) is 48.6 Å². The number of hydrogen-bond donors (Lipinski definition) is 1. The zero-order valence-corrected chi connectivity index (χ0v) is 17.7. The van der Waals surface area contributed by atoms with Crippen molar-refractivity contribution in [2.24, 2.45) is 23.7 Å². The maximum absolute atomic E-state index is 13.4. The van der Waals surface area contributed by atoms with Gasteiger partial charge in [-0.3, -0.25) is 19.3 Å². The van der Waals surface area contributed by atoms with E-state index in [0.717, 1.165) is 23.1 Å². The highest BCUT2D eigenvalue weighted by molar-refractivity contribution is 6.11. The molecule has 1 heterocycles. The van der Waals surface area contributed by atoms with Gasteiger partial charge in [-0.2, -0.15) is 0 Å². The Morgan fingerprint density at radius 3 is 2.23 bits per heavy atom. The summed E-state index contributed by atoms with van der Waals surface area (Å²) >= 11 is 0. The van der Waals surface area contributed by atoms with Crippen LogP contribution in [-0.4, -0.2) is 28.7 Å². The van der Waals surface area contributed by atoms with Crippen molar-refractivity contribution >= 4 is 23.4 Å². The van der Waals surface area contributed by atoms with Gasteiger partial charge in [0.15, 0.2) is 0 Å². The summed E-state index contributed by atoms with van der Waals surface area (Å²) < 4.78 is 0. The fourth-order valence-corrected chi connectivity index (χ4v) is 5.42. The van der Waals surface area contributed by atoms with Crippen LogP contribution in [0, 0.1) is 37.5 Å². The largest absolute Gasteiger partial charge is 0.324 e. The number of aryl methyl sites for hydroxylation is 2. The number of allylic oxidation sites excluding steroid dienone is 2. The first-order chi connectivity index (χ1) is 14.9. The minimum Gasteiger partial charge on any atom is -0.324 e. The molecular formula is C26H26N2O3. The van der Waals surface area contributed by atoms with Gasteiger partial charge >= 0.3 is 0 Å². The first-order valence-corrected chi connectivity index (χ1v) is 10.9. The number of carbonyl (C=O) groups excluding carboxylic acids is 3. The molecule has 0 spiro atoms. The summed E-state index contributed by atoms with van der Waals surface area (Å²) in [6.07, 6.45) is 5.32. The predicted molar refractivity (Wildman–Crippen MR) is 118 cm³/mol. The van der Waals surface area contributed by atoms with E-state index in [1.807, 2.05) is 62.4 Å². The third kappa shape index (κ3) is 3.29. The standard InChI is InChI=1S/C26H26N2O3/c1-15-8-11-20(12-16(15)2)27-24(29)21(13-17-6-4-3-5-7-17)28-25(30)22-18-9-10-19(14-18)23(22)26(28)31/h3-12,18-19,21-23H,13-14H2,1-2H3,(H,27,29)/t18-,19+,21-,22+,23-/m0/s1. The van der Waals surface area contributed by atoms with Crippen molar-refractivity contribution in [3.63, 3.8) is 0 Å². The number of nitrogens with one attached hydrogen (secondary N) is 1. The van der Waals surface area contributed by atoms with Gasteiger partial charge in [0, 0.05) is 12.1 Å². The molecule has 3 aliphatic rings. The van der Waals surface area contributed by atoms with Crippen LogP contribution in [0.3, 0.4) is 0 Å². The Labute approximate surface area is 182 Å². The molecule has 2 aromatic rings. The van der Waals surface area contributed by atoms with Gasteiger partial charge in [-0.15, -0.1) is 0 Å². The number of carbonyl (C=O) groups is 3. The van der Waals surface area contributed by atoms with Crippen molar-refractivity contribution in [3.05, 3.63) is 77.4 Å². The van der Waals surface area contributed by atoms with Crippen LogP contribution in [0.1, 0.15) is 23.1 Å². The lowest BCUT2D eigenvalue weighted by molar-refractivity contribution is -0.147. The Kier molecular flexibility index (Phi) is 4.77. The first kappa shape index (κ1) is 19.7. The fraction of sp³-hybridized carbons (Fsp3) is 0.346. The Balaban J connectivity index is 1.46. The molecule has 0 unspecified atom stereocenters. The van der Waals surface area contributed by atoms with E-state index in [2.05, 4.69) is 17.5 Å². The van der Waals surface area contributed by atoms with Gasteiger partial charge < -0.3 is 5.32 Å². The smallest absolute Gasteiger partial charge is 0.248 e. The summed E-state index contributed by atoms with van der Waals surface area (Å²) in [5.41, 5.74) is 3.80. The van der Waals surface area contributed by atoms with Crippen molar-refractivity contribution < 1.29 is 14.4 Å². The molecular weight excluding hydrogens is 388 g/mol. The lowest BCUT2D eigenvalue weighted by Crippen LogP contribution is -2.49. The molecule has 1 saturated heterocycles. The van der Waals surface area contributed by atoms with E-state index >= 15 is 0 Å². The number of fused-ring (bicyclic) bond motifs is 5. The molecule has 2 aromatic carbocycles. The average molecular weight is 415 g/mol. The third-order valence-corrected chi connectivity index (χ3v) is 7.17. The monoisotopic (exact) mass is 414 g/mol. The van der Waals surface area contributed by atoms with Crippen LogP contribution in [0.15, 0.2) is 60.7 Å². The van der Waals surface area contributed by atoms with Gasteiger partial charge in [-0.05, 0) is 60.9 Å². The number of rotatable bonds is 5. The second-order valence-electron chi connectivity index (χ2n) is 9.04. The molecule has 31 heavy (non-hydrogen) atoms. The Morgan fingerprint density at radius 1 is 0.968 bits per heavy atom. The van der Waals surface area contributed by atoms with E-state index in [4.69, 9.17) is 0 Å². The van der Waals surface area contributed by atoms with Crippen LogP contribution < -0.4 is 5.32 Å². The van der Waals surface area contributed by atoms with Crippen molar-refractivity contribution in [1.29, 1.82) is 0 Å². The van der Waals surface area contributed by atoms with Crippen LogP contribution in [0.4, 0.5) is 5.69 Å². The summed E-state index contributed by atoms with van der Waals surface area (Å²) in [6, 6.07) is 14.4. The highest BCUT2D eigenvalue weighted by atomic mass is 16.2. The molecule has 5 heteroatoms. The molecule has 3 amide bonds. The minimum absolute atomic E-state index is 0.122. The van der Waals surface area contributed by atoms with Gasteiger partial charge in [0.1, 0.15) is 6.04 Å². The highest BCUT2D eigenvalue weighted by Gasteiger charge is 2.61. The molecule has 5 rings (SSSR count). The zero-order valence-electron chi connectivity index (χ0n) is 17.7. The van der Waals surface area contributed by atoms with Gasteiger partial charge in [-0.25, -0.2) is 0 Å². The quantitative estimate of drug-likeness (QED) is 0.600. The topological polar surface area (TPSA) is 66.5 Å². The molecule has 2 aliphatic carbocycles. The molecule has 1 saturated carbocycles. The SMILES string of the molecule is Cc1ccc(NC(=O)[C@H](Cc2ccccc2)N2C(=O)[C@@H]3[C@H](C2=O)[C@H]2C=C[C@@H]3C2)cc1C. The summed E-state index contributed by atoms with van der Waals surface area (Å²) in [5, 5.41) is 2.95. The molecule has 1 N–H and O–H groups in total. The minimum atomic E-state index is -0.867. The summed E-state index contributed by atoms with van der Waals surface area (Å²) in [6.45, 7) is 4.01. The van der Waals surface area contributed by atoms with Gasteiger partial charge in [0.2, 0.25) is 17.7 Å². The normalized spacial score (nSPS) is 27.0. The number of imide groups is 1. The van der Waals surface area contributed by atoms with E-state index in [1.165, 1.54) is 4.90 Å². The average Bonchev–Trinajstić information content (AvgIpc) is 3.44. The second-order valence-corrected chi connectivity index (χ2v) is 9.04. The Morgan fingerprint density at radius 2 is 1.61 bits per heavy atom. The van der Waals surface area contributed by atoms with Crippen LogP contribution >= 0.6 is 0 Å². The zero-order chi connectivity index (χ0) is 21.7. The summed E-state index contributed by atoms with van der Waals surface area (Å²) in [5.74, 6) is -1.08. The number of benzene rings is 2. The van der Waals surface area contributed by atoms with Crippen molar-refractivity contribution in [3.8, 4) is 0 Å². The molecule has 5 nitrogen and oxygen atoms in total. The number of nitrogens with zero attached hydrogens (tertiary/aromatic N) is 1. The number of hydrogen-bond acceptors (Lipinski definition) is 3. The van der Waals surface area contributed by atoms with Crippen LogP contribution in [0.25, 0.3) is 0 Å². The predicted octanol–water partition coefficient (Wildman–Crippen LogP) is 3.66. The number of amides is 3. The molecule has 2 fully saturated rings. The Bertz CT molecular complexity index is 1060. The fourth-order valence-electron chi connectivity index (χ4n) is 5.42. The van der Waals surface area contributed by atoms with Crippen molar-refractivity contribution in [1.82, 2.24) is 4.90 Å². The molecule has 0 radical (unpaired) electrons. The number of anilines is 1. The number of likely N-dealkylation sites (tertiary alicyclic amines) is 1. The van der Waals surface area contributed by atoms with Gasteiger partial charge in [0.25, 0.3) is 0 Å². The van der Waals surface area contributed by atoms with Crippen LogP contribution in [0.5, 0.6) is 0 Å². The summed E-state index contributed by atoms with van der Waals surface area (Å²) in [4.78, 5) is 41.4. The second kappa shape index (κ2) is 7.49. The maximum Gasteiger partial charge on any atom is 0.248 e. The molecule has 5 atom stereocenters. The van der Waals surface area contributed by atoms with E-state index in [0.29, 0.717) is 12.1 Å². The molecule has 158 valence electrons. The maximum atomic E-state index is 13.4. The lowest BCUT2D eigenvalue weighted by Gasteiger charge is -2.27. The molecule has 1 aliphatic heterocycles. The van der Waals surface area contributed by atoms with Gasteiger partial charge in [0.05, 0.1) is 11.8 Å². The third-order valence-electron chi connectivity index (χ3n) is 7.17. The lowest BCUT2D eigenvalue weighted by atomic mass is 9.85. The van der Waals surface area contributed by atoms with E-state index in [1.54, 1.807) is 0 Å². The van der Waals surface area contributed by atoms with E-state index < -0.39 is 6.04 Å². The van der Waals surface area contributed by atoms with E-state index in [-0.39, 0.29) is 41.4 Å². The first-order valence-electron chi connectivity index (χ1n) is 10.9.